The third kappa shape index (κ3) is 3.57. The summed E-state index contributed by atoms with van der Waals surface area (Å²) in [6.07, 6.45) is 1.56. The van der Waals surface area contributed by atoms with Gasteiger partial charge in [0, 0.05) is 11.8 Å². The van der Waals surface area contributed by atoms with E-state index in [2.05, 4.69) is 4.98 Å². The lowest BCUT2D eigenvalue weighted by atomic mass is 10.1. The van der Waals surface area contributed by atoms with Gasteiger partial charge in [0.15, 0.2) is 5.69 Å². The Morgan fingerprint density at radius 2 is 2.05 bits per heavy atom. The van der Waals surface area contributed by atoms with Gasteiger partial charge in [0.2, 0.25) is 0 Å². The number of benzene rings is 1. The van der Waals surface area contributed by atoms with Crippen LogP contribution in [0.4, 0.5) is 0 Å². The van der Waals surface area contributed by atoms with Gasteiger partial charge in [-0.05, 0) is 31.4 Å². The summed E-state index contributed by atoms with van der Waals surface area (Å²) in [6.45, 7) is 4.66. The van der Waals surface area contributed by atoms with Crippen LogP contribution in [0.2, 0.25) is 0 Å². The Labute approximate surface area is 122 Å². The van der Waals surface area contributed by atoms with Crippen LogP contribution in [0.1, 0.15) is 33.0 Å². The summed E-state index contributed by atoms with van der Waals surface area (Å²) in [7, 11) is 0. The van der Waals surface area contributed by atoms with Crippen LogP contribution in [0, 0.1) is 13.8 Å². The average molecular weight is 291 g/mol. The van der Waals surface area contributed by atoms with Crippen LogP contribution in [-0.4, -0.2) is 22.7 Å². The number of nitrogens with zero attached hydrogens (tertiary/aromatic N) is 1. The van der Waals surface area contributed by atoms with Gasteiger partial charge in [-0.2, -0.15) is 0 Å². The minimum atomic E-state index is -0.973. The zero-order chi connectivity index (χ0) is 14.5. The van der Waals surface area contributed by atoms with Crippen molar-refractivity contribution >= 4 is 17.3 Å². The lowest BCUT2D eigenvalue weighted by molar-refractivity contribution is 0.0691. The second-order valence-electron chi connectivity index (χ2n) is 4.60. The van der Waals surface area contributed by atoms with Gasteiger partial charge in [0.05, 0.1) is 11.6 Å². The molecule has 1 aromatic carbocycles. The highest BCUT2D eigenvalue weighted by atomic mass is 32.1. The molecule has 0 bridgehead atoms. The molecule has 0 saturated carbocycles. The first kappa shape index (κ1) is 14.5. The molecule has 2 rings (SSSR count). The number of carboxylic acid groups (broad SMARTS) is 1. The number of para-hydroxylation sites is 1. The third-order valence-electron chi connectivity index (χ3n) is 2.96. The quantitative estimate of drug-likeness (QED) is 0.828. The van der Waals surface area contributed by atoms with Crippen LogP contribution in [0.3, 0.4) is 0 Å². The molecule has 1 N–H and O–H groups in total. The maximum Gasteiger partial charge on any atom is 0.355 e. The first-order valence-corrected chi connectivity index (χ1v) is 7.32. The predicted octanol–water partition coefficient (Wildman–Crippen LogP) is 3.47. The molecular weight excluding hydrogens is 274 g/mol. The number of hydrogen-bond acceptors (Lipinski definition) is 4. The topological polar surface area (TPSA) is 59.4 Å². The van der Waals surface area contributed by atoms with Crippen molar-refractivity contribution in [2.45, 2.75) is 26.7 Å². The molecule has 0 amide bonds. The fourth-order valence-corrected chi connectivity index (χ4v) is 2.76. The van der Waals surface area contributed by atoms with Crippen molar-refractivity contribution in [3.05, 3.63) is 45.4 Å². The van der Waals surface area contributed by atoms with Crippen LogP contribution in [0.5, 0.6) is 5.75 Å². The van der Waals surface area contributed by atoms with E-state index in [0.717, 1.165) is 34.7 Å². The second kappa shape index (κ2) is 6.52. The standard InChI is InChI=1S/C15H17NO3S/c1-10-5-3-6-11(2)14(10)19-8-4-7-13-16-12(9-20-13)15(17)18/h3,5-6,9H,4,7-8H2,1-2H3,(H,17,18). The van der Waals surface area contributed by atoms with Crippen molar-refractivity contribution in [3.63, 3.8) is 0 Å². The number of carboxylic acids is 1. The van der Waals surface area contributed by atoms with Gasteiger partial charge in [0.25, 0.3) is 0 Å². The van der Waals surface area contributed by atoms with Gasteiger partial charge in [-0.3, -0.25) is 0 Å². The van der Waals surface area contributed by atoms with Crippen molar-refractivity contribution in [2.75, 3.05) is 6.61 Å². The molecule has 5 heteroatoms. The van der Waals surface area contributed by atoms with E-state index < -0.39 is 5.97 Å². The Bertz CT molecular complexity index is 587. The smallest absolute Gasteiger partial charge is 0.355 e. The second-order valence-corrected chi connectivity index (χ2v) is 5.55. The highest BCUT2D eigenvalue weighted by Gasteiger charge is 2.08. The number of hydrogen-bond donors (Lipinski definition) is 1. The number of aromatic nitrogens is 1. The van der Waals surface area contributed by atoms with Gasteiger partial charge < -0.3 is 9.84 Å². The highest BCUT2D eigenvalue weighted by molar-refractivity contribution is 7.09. The summed E-state index contributed by atoms with van der Waals surface area (Å²) in [6, 6.07) is 6.07. The number of carbonyl (C=O) groups is 1. The number of aryl methyl sites for hydroxylation is 3. The molecule has 20 heavy (non-hydrogen) atoms. The summed E-state index contributed by atoms with van der Waals surface area (Å²) in [5, 5.41) is 11.2. The van der Waals surface area contributed by atoms with Crippen molar-refractivity contribution in [1.29, 1.82) is 0 Å². The molecule has 0 aliphatic carbocycles. The van der Waals surface area contributed by atoms with Crippen molar-refractivity contribution in [1.82, 2.24) is 4.98 Å². The van der Waals surface area contributed by atoms with E-state index in [1.54, 1.807) is 5.38 Å². The molecule has 1 heterocycles. The van der Waals surface area contributed by atoms with E-state index in [-0.39, 0.29) is 5.69 Å². The number of thiazole rings is 1. The normalized spacial score (nSPS) is 10.5. The summed E-state index contributed by atoms with van der Waals surface area (Å²) in [4.78, 5) is 14.8. The molecule has 2 aromatic rings. The Morgan fingerprint density at radius 1 is 1.35 bits per heavy atom. The molecule has 106 valence electrons. The predicted molar refractivity (Wildman–Crippen MR) is 78.8 cm³/mol. The Morgan fingerprint density at radius 3 is 2.65 bits per heavy atom. The first-order valence-electron chi connectivity index (χ1n) is 6.44. The van der Waals surface area contributed by atoms with E-state index in [9.17, 15) is 4.79 Å². The van der Waals surface area contributed by atoms with Crippen LogP contribution < -0.4 is 4.74 Å². The summed E-state index contributed by atoms with van der Waals surface area (Å²) in [5.41, 5.74) is 2.39. The highest BCUT2D eigenvalue weighted by Crippen LogP contribution is 2.22. The fraction of sp³-hybridized carbons (Fsp3) is 0.333. The summed E-state index contributed by atoms with van der Waals surface area (Å²) in [5.74, 6) is -0.0304. The van der Waals surface area contributed by atoms with E-state index >= 15 is 0 Å². The van der Waals surface area contributed by atoms with E-state index in [4.69, 9.17) is 9.84 Å². The van der Waals surface area contributed by atoms with E-state index in [1.165, 1.54) is 11.3 Å². The monoisotopic (exact) mass is 291 g/mol. The van der Waals surface area contributed by atoms with Crippen molar-refractivity contribution < 1.29 is 14.6 Å². The number of aromatic carboxylic acids is 1. The molecule has 0 unspecified atom stereocenters. The largest absolute Gasteiger partial charge is 0.493 e. The lowest BCUT2D eigenvalue weighted by Gasteiger charge is -2.11. The summed E-state index contributed by atoms with van der Waals surface area (Å²) >= 11 is 1.38. The molecule has 0 aliphatic rings. The maximum atomic E-state index is 10.7. The van der Waals surface area contributed by atoms with Crippen molar-refractivity contribution in [3.8, 4) is 5.75 Å². The van der Waals surface area contributed by atoms with Crippen LogP contribution in [0.25, 0.3) is 0 Å². The zero-order valence-corrected chi connectivity index (χ0v) is 12.4. The minimum Gasteiger partial charge on any atom is -0.493 e. The number of rotatable bonds is 6. The van der Waals surface area contributed by atoms with Crippen LogP contribution >= 0.6 is 11.3 Å². The third-order valence-corrected chi connectivity index (χ3v) is 3.87. The Hall–Kier alpha value is -1.88. The van der Waals surface area contributed by atoms with E-state index in [0.29, 0.717) is 6.61 Å². The molecule has 0 radical (unpaired) electrons. The molecule has 1 aromatic heterocycles. The van der Waals surface area contributed by atoms with Gasteiger partial charge >= 0.3 is 5.97 Å². The van der Waals surface area contributed by atoms with Crippen molar-refractivity contribution in [2.24, 2.45) is 0 Å². The van der Waals surface area contributed by atoms with Crippen LogP contribution in [-0.2, 0) is 6.42 Å². The van der Waals surface area contributed by atoms with Gasteiger partial charge in [-0.15, -0.1) is 11.3 Å². The zero-order valence-electron chi connectivity index (χ0n) is 11.5. The molecule has 0 spiro atoms. The van der Waals surface area contributed by atoms with Gasteiger partial charge in [-0.25, -0.2) is 9.78 Å². The molecule has 0 fully saturated rings. The average Bonchev–Trinajstić information content (AvgIpc) is 2.86. The van der Waals surface area contributed by atoms with E-state index in [1.807, 2.05) is 32.0 Å². The Balaban J connectivity index is 1.83. The molecule has 0 aliphatic heterocycles. The summed E-state index contributed by atoms with van der Waals surface area (Å²) < 4.78 is 5.80. The Kier molecular flexibility index (Phi) is 4.74. The van der Waals surface area contributed by atoms with Crippen LogP contribution in [0.15, 0.2) is 23.6 Å². The SMILES string of the molecule is Cc1cccc(C)c1OCCCc1nc(C(=O)O)cs1. The first-order chi connectivity index (χ1) is 9.58. The van der Waals surface area contributed by atoms with Gasteiger partial charge in [0.1, 0.15) is 5.75 Å². The van der Waals surface area contributed by atoms with Gasteiger partial charge in [-0.1, -0.05) is 18.2 Å². The fourth-order valence-electron chi connectivity index (χ4n) is 1.95. The molecule has 0 saturated heterocycles. The number of ether oxygens (including phenoxy) is 1. The molecule has 0 atom stereocenters. The maximum absolute atomic E-state index is 10.7. The molecular formula is C15H17NO3S. The molecule has 4 nitrogen and oxygen atoms in total. The minimum absolute atomic E-state index is 0.126. The lowest BCUT2D eigenvalue weighted by Crippen LogP contribution is -2.02.